The smallest absolute Gasteiger partial charge is 0.241 e. The Morgan fingerprint density at radius 2 is 1.95 bits per heavy atom. The summed E-state index contributed by atoms with van der Waals surface area (Å²) in [5.74, 6) is -0.146. The predicted molar refractivity (Wildman–Crippen MR) is 90.2 cm³/mol. The van der Waals surface area contributed by atoms with E-state index in [0.717, 1.165) is 22.1 Å². The minimum Gasteiger partial charge on any atom is -0.324 e. The van der Waals surface area contributed by atoms with Gasteiger partial charge in [0, 0.05) is 10.2 Å². The van der Waals surface area contributed by atoms with Crippen molar-refractivity contribution in [2.75, 3.05) is 5.32 Å². The van der Waals surface area contributed by atoms with Crippen molar-refractivity contribution >= 4 is 27.5 Å². The first-order chi connectivity index (χ1) is 10.1. The summed E-state index contributed by atoms with van der Waals surface area (Å²) in [7, 11) is 0. The Morgan fingerprint density at radius 1 is 1.24 bits per heavy atom. The maximum absolute atomic E-state index is 12.1. The third-order valence-electron chi connectivity index (χ3n) is 3.38. The monoisotopic (exact) mass is 346 g/mol. The molecule has 4 heteroatoms. The van der Waals surface area contributed by atoms with Crippen molar-refractivity contribution in [3.63, 3.8) is 0 Å². The first-order valence-corrected chi connectivity index (χ1v) is 7.72. The Balaban J connectivity index is 1.92. The third-order valence-corrected chi connectivity index (χ3v) is 3.87. The standard InChI is InChI=1S/C17H19BrN2O/c1-12-7-9-14(18)11-16(12)20-17(21)15(19)10-8-13-5-3-2-4-6-13/h2-7,9,11,15H,8,10,19H2,1H3,(H,20,21). The number of hydrogen-bond donors (Lipinski definition) is 2. The number of nitrogens with two attached hydrogens (primary N) is 1. The molecule has 2 rings (SSSR count). The van der Waals surface area contributed by atoms with E-state index in [9.17, 15) is 4.79 Å². The second kappa shape index (κ2) is 7.38. The van der Waals surface area contributed by atoms with Gasteiger partial charge in [-0.15, -0.1) is 0 Å². The van der Waals surface area contributed by atoms with E-state index in [1.54, 1.807) is 0 Å². The second-order valence-electron chi connectivity index (χ2n) is 5.08. The van der Waals surface area contributed by atoms with Crippen LogP contribution in [0, 0.1) is 6.92 Å². The normalized spacial score (nSPS) is 12.0. The van der Waals surface area contributed by atoms with E-state index in [1.165, 1.54) is 5.56 Å². The zero-order valence-electron chi connectivity index (χ0n) is 12.0. The molecule has 0 aliphatic carbocycles. The zero-order chi connectivity index (χ0) is 15.2. The highest BCUT2D eigenvalue weighted by atomic mass is 79.9. The minimum absolute atomic E-state index is 0.146. The van der Waals surface area contributed by atoms with Gasteiger partial charge in [0.05, 0.1) is 6.04 Å². The summed E-state index contributed by atoms with van der Waals surface area (Å²) >= 11 is 3.40. The molecule has 21 heavy (non-hydrogen) atoms. The van der Waals surface area contributed by atoms with Gasteiger partial charge in [0.1, 0.15) is 0 Å². The average molecular weight is 347 g/mol. The summed E-state index contributed by atoms with van der Waals surface area (Å²) in [5, 5.41) is 2.89. The van der Waals surface area contributed by atoms with Gasteiger partial charge in [-0.3, -0.25) is 4.79 Å². The molecule has 1 unspecified atom stereocenters. The van der Waals surface area contributed by atoms with Crippen molar-refractivity contribution in [3.05, 3.63) is 64.1 Å². The average Bonchev–Trinajstić information content (AvgIpc) is 2.49. The fourth-order valence-electron chi connectivity index (χ4n) is 2.05. The fraction of sp³-hybridized carbons (Fsp3) is 0.235. The van der Waals surface area contributed by atoms with Gasteiger partial charge in [0.2, 0.25) is 5.91 Å². The highest BCUT2D eigenvalue weighted by molar-refractivity contribution is 9.10. The molecule has 0 bridgehead atoms. The van der Waals surface area contributed by atoms with Gasteiger partial charge in [0.25, 0.3) is 0 Å². The molecule has 0 saturated heterocycles. The van der Waals surface area contributed by atoms with E-state index >= 15 is 0 Å². The highest BCUT2D eigenvalue weighted by Crippen LogP contribution is 2.20. The van der Waals surface area contributed by atoms with Crippen LogP contribution in [0.1, 0.15) is 17.5 Å². The minimum atomic E-state index is -0.511. The number of amides is 1. The number of benzene rings is 2. The quantitative estimate of drug-likeness (QED) is 0.867. The Labute approximate surface area is 133 Å². The maximum atomic E-state index is 12.1. The zero-order valence-corrected chi connectivity index (χ0v) is 13.6. The van der Waals surface area contributed by atoms with Crippen LogP contribution in [-0.2, 0) is 11.2 Å². The number of rotatable bonds is 5. The van der Waals surface area contributed by atoms with E-state index < -0.39 is 6.04 Å². The first kappa shape index (κ1) is 15.7. The van der Waals surface area contributed by atoms with Gasteiger partial charge < -0.3 is 11.1 Å². The summed E-state index contributed by atoms with van der Waals surface area (Å²) in [6, 6.07) is 15.3. The fourth-order valence-corrected chi connectivity index (χ4v) is 2.41. The number of halogens is 1. The lowest BCUT2D eigenvalue weighted by atomic mass is 10.1. The summed E-state index contributed by atoms with van der Waals surface area (Å²) in [5.41, 5.74) is 8.98. The molecule has 0 heterocycles. The lowest BCUT2D eigenvalue weighted by molar-refractivity contribution is -0.117. The summed E-state index contributed by atoms with van der Waals surface area (Å²) in [4.78, 5) is 12.1. The Morgan fingerprint density at radius 3 is 2.67 bits per heavy atom. The Hall–Kier alpha value is -1.65. The largest absolute Gasteiger partial charge is 0.324 e. The molecule has 1 amide bonds. The molecule has 2 aromatic carbocycles. The van der Waals surface area contributed by atoms with Crippen LogP contribution in [0.5, 0.6) is 0 Å². The second-order valence-corrected chi connectivity index (χ2v) is 5.99. The van der Waals surface area contributed by atoms with Gasteiger partial charge in [-0.05, 0) is 43.0 Å². The van der Waals surface area contributed by atoms with Crippen LogP contribution in [0.3, 0.4) is 0 Å². The van der Waals surface area contributed by atoms with Crippen LogP contribution in [0.25, 0.3) is 0 Å². The molecule has 0 saturated carbocycles. The molecule has 1 atom stereocenters. The molecule has 0 fully saturated rings. The topological polar surface area (TPSA) is 55.1 Å². The van der Waals surface area contributed by atoms with Crippen molar-refractivity contribution in [2.24, 2.45) is 5.73 Å². The predicted octanol–water partition coefficient (Wildman–Crippen LogP) is 3.66. The van der Waals surface area contributed by atoms with E-state index in [2.05, 4.69) is 21.2 Å². The molecule has 3 N–H and O–H groups in total. The van der Waals surface area contributed by atoms with Crippen LogP contribution >= 0.6 is 15.9 Å². The van der Waals surface area contributed by atoms with E-state index in [0.29, 0.717) is 6.42 Å². The summed E-state index contributed by atoms with van der Waals surface area (Å²) < 4.78 is 0.932. The summed E-state index contributed by atoms with van der Waals surface area (Å²) in [6.07, 6.45) is 1.43. The van der Waals surface area contributed by atoms with E-state index in [-0.39, 0.29) is 5.91 Å². The van der Waals surface area contributed by atoms with E-state index in [4.69, 9.17) is 5.73 Å². The molecule has 110 valence electrons. The molecular formula is C17H19BrN2O. The van der Waals surface area contributed by atoms with Gasteiger partial charge >= 0.3 is 0 Å². The van der Waals surface area contributed by atoms with Crippen molar-refractivity contribution < 1.29 is 4.79 Å². The van der Waals surface area contributed by atoms with E-state index in [1.807, 2.05) is 55.5 Å². The van der Waals surface area contributed by atoms with Crippen LogP contribution in [0.2, 0.25) is 0 Å². The van der Waals surface area contributed by atoms with Crippen molar-refractivity contribution in [3.8, 4) is 0 Å². The van der Waals surface area contributed by atoms with Crippen LogP contribution in [0.15, 0.2) is 53.0 Å². The Kier molecular flexibility index (Phi) is 5.53. The first-order valence-electron chi connectivity index (χ1n) is 6.93. The Bertz CT molecular complexity index is 613. The van der Waals surface area contributed by atoms with Crippen molar-refractivity contribution in [2.45, 2.75) is 25.8 Å². The summed E-state index contributed by atoms with van der Waals surface area (Å²) in [6.45, 7) is 1.96. The van der Waals surface area contributed by atoms with Gasteiger partial charge in [0.15, 0.2) is 0 Å². The molecule has 3 nitrogen and oxygen atoms in total. The number of aryl methyl sites for hydroxylation is 2. The highest BCUT2D eigenvalue weighted by Gasteiger charge is 2.14. The number of carbonyl (C=O) groups is 1. The third kappa shape index (κ3) is 4.69. The molecule has 0 spiro atoms. The molecule has 0 aliphatic heterocycles. The number of nitrogens with one attached hydrogen (secondary N) is 1. The van der Waals surface area contributed by atoms with Crippen molar-refractivity contribution in [1.29, 1.82) is 0 Å². The molecule has 0 aromatic heterocycles. The number of carbonyl (C=O) groups excluding carboxylic acids is 1. The van der Waals surface area contributed by atoms with Crippen molar-refractivity contribution in [1.82, 2.24) is 0 Å². The number of hydrogen-bond acceptors (Lipinski definition) is 2. The molecule has 2 aromatic rings. The molecular weight excluding hydrogens is 328 g/mol. The SMILES string of the molecule is Cc1ccc(Br)cc1NC(=O)C(N)CCc1ccccc1. The van der Waals surface area contributed by atoms with Gasteiger partial charge in [-0.2, -0.15) is 0 Å². The van der Waals surface area contributed by atoms with Gasteiger partial charge in [-0.25, -0.2) is 0 Å². The lowest BCUT2D eigenvalue weighted by Gasteiger charge is -2.14. The lowest BCUT2D eigenvalue weighted by Crippen LogP contribution is -2.36. The van der Waals surface area contributed by atoms with Gasteiger partial charge in [-0.1, -0.05) is 52.3 Å². The van der Waals surface area contributed by atoms with Crippen LogP contribution < -0.4 is 11.1 Å². The van der Waals surface area contributed by atoms with Crippen LogP contribution in [0.4, 0.5) is 5.69 Å². The molecule has 0 radical (unpaired) electrons. The number of anilines is 1. The molecule has 0 aliphatic rings. The maximum Gasteiger partial charge on any atom is 0.241 e. The van der Waals surface area contributed by atoms with Crippen LogP contribution in [-0.4, -0.2) is 11.9 Å².